The lowest BCUT2D eigenvalue weighted by molar-refractivity contribution is -0.144. The van der Waals surface area contributed by atoms with E-state index in [9.17, 15) is 9.59 Å². The van der Waals surface area contributed by atoms with Crippen molar-refractivity contribution in [2.45, 2.75) is 46.6 Å². The van der Waals surface area contributed by atoms with Crippen LogP contribution in [0.1, 0.15) is 41.0 Å². The van der Waals surface area contributed by atoms with Crippen molar-refractivity contribution in [3.63, 3.8) is 0 Å². The molecule has 0 atom stereocenters. The summed E-state index contributed by atoms with van der Waals surface area (Å²) < 4.78 is 4.87. The lowest BCUT2D eigenvalue weighted by Gasteiger charge is -2.26. The van der Waals surface area contributed by atoms with Crippen LogP contribution >= 0.6 is 0 Å². The standard InChI is InChI=1S/C13H26N2O3/c1-6-13(4,5)14-11(16)9-15(7-2)10-12(17)18-8-3/h6-10H2,1-5H3,(H,14,16). The van der Waals surface area contributed by atoms with Gasteiger partial charge in [0.2, 0.25) is 5.91 Å². The molecular weight excluding hydrogens is 232 g/mol. The van der Waals surface area contributed by atoms with Crippen LogP contribution in [0.15, 0.2) is 0 Å². The molecule has 106 valence electrons. The second-order valence-electron chi connectivity index (χ2n) is 4.89. The SMILES string of the molecule is CCOC(=O)CN(CC)CC(=O)NC(C)(C)CC. The highest BCUT2D eigenvalue weighted by atomic mass is 16.5. The highest BCUT2D eigenvalue weighted by molar-refractivity contribution is 5.79. The third-order valence-electron chi connectivity index (χ3n) is 2.83. The average molecular weight is 258 g/mol. The van der Waals surface area contributed by atoms with Gasteiger partial charge in [0.1, 0.15) is 0 Å². The van der Waals surface area contributed by atoms with Gasteiger partial charge in [0.15, 0.2) is 0 Å². The van der Waals surface area contributed by atoms with E-state index in [4.69, 9.17) is 4.74 Å². The van der Waals surface area contributed by atoms with Gasteiger partial charge in [-0.1, -0.05) is 13.8 Å². The number of nitrogens with zero attached hydrogens (tertiary/aromatic N) is 1. The molecule has 0 spiro atoms. The van der Waals surface area contributed by atoms with Gasteiger partial charge in [-0.3, -0.25) is 14.5 Å². The Morgan fingerprint density at radius 3 is 2.22 bits per heavy atom. The Balaban J connectivity index is 4.20. The van der Waals surface area contributed by atoms with Gasteiger partial charge in [0.25, 0.3) is 0 Å². The summed E-state index contributed by atoms with van der Waals surface area (Å²) in [6.45, 7) is 11.0. The largest absolute Gasteiger partial charge is 0.465 e. The normalized spacial score (nSPS) is 11.4. The molecule has 0 saturated carbocycles. The molecule has 0 aliphatic carbocycles. The van der Waals surface area contributed by atoms with Crippen LogP contribution in [0.4, 0.5) is 0 Å². The molecule has 0 fully saturated rings. The molecular formula is C13H26N2O3. The van der Waals surface area contributed by atoms with Crippen molar-refractivity contribution in [3.05, 3.63) is 0 Å². The zero-order chi connectivity index (χ0) is 14.2. The Morgan fingerprint density at radius 2 is 1.78 bits per heavy atom. The van der Waals surface area contributed by atoms with Crippen molar-refractivity contribution < 1.29 is 14.3 Å². The summed E-state index contributed by atoms with van der Waals surface area (Å²) >= 11 is 0. The van der Waals surface area contributed by atoms with Gasteiger partial charge >= 0.3 is 5.97 Å². The van der Waals surface area contributed by atoms with E-state index in [1.54, 1.807) is 11.8 Å². The van der Waals surface area contributed by atoms with E-state index in [0.29, 0.717) is 13.2 Å². The second-order valence-corrected chi connectivity index (χ2v) is 4.89. The van der Waals surface area contributed by atoms with Crippen LogP contribution in [0.25, 0.3) is 0 Å². The zero-order valence-corrected chi connectivity index (χ0v) is 12.2. The minimum atomic E-state index is -0.290. The number of rotatable bonds is 8. The second kappa shape index (κ2) is 8.08. The van der Waals surface area contributed by atoms with Crippen LogP contribution in [0.5, 0.6) is 0 Å². The first-order valence-electron chi connectivity index (χ1n) is 6.53. The third-order valence-corrected chi connectivity index (χ3v) is 2.83. The van der Waals surface area contributed by atoms with Crippen molar-refractivity contribution in [2.75, 3.05) is 26.2 Å². The highest BCUT2D eigenvalue weighted by Crippen LogP contribution is 2.06. The average Bonchev–Trinajstić information content (AvgIpc) is 2.27. The molecule has 0 aliphatic rings. The van der Waals surface area contributed by atoms with Crippen molar-refractivity contribution in [1.29, 1.82) is 0 Å². The van der Waals surface area contributed by atoms with E-state index in [1.165, 1.54) is 0 Å². The molecule has 0 aromatic rings. The van der Waals surface area contributed by atoms with E-state index >= 15 is 0 Å². The first-order valence-corrected chi connectivity index (χ1v) is 6.53. The van der Waals surface area contributed by atoms with Crippen LogP contribution in [-0.2, 0) is 14.3 Å². The van der Waals surface area contributed by atoms with Gasteiger partial charge in [-0.15, -0.1) is 0 Å². The maximum atomic E-state index is 11.8. The van der Waals surface area contributed by atoms with E-state index in [2.05, 4.69) is 5.32 Å². The number of nitrogens with one attached hydrogen (secondary N) is 1. The molecule has 5 heteroatoms. The Bertz CT molecular complexity index is 277. The fraction of sp³-hybridized carbons (Fsp3) is 0.846. The van der Waals surface area contributed by atoms with Gasteiger partial charge in [-0.05, 0) is 33.7 Å². The Kier molecular flexibility index (Phi) is 7.59. The quantitative estimate of drug-likeness (QED) is 0.664. The van der Waals surface area contributed by atoms with Gasteiger partial charge in [0, 0.05) is 5.54 Å². The molecule has 0 bridgehead atoms. The van der Waals surface area contributed by atoms with E-state index in [1.807, 2.05) is 27.7 Å². The fourth-order valence-electron chi connectivity index (χ4n) is 1.38. The molecule has 1 amide bonds. The number of hydrogen-bond donors (Lipinski definition) is 1. The maximum Gasteiger partial charge on any atom is 0.320 e. The van der Waals surface area contributed by atoms with Gasteiger partial charge < -0.3 is 10.1 Å². The summed E-state index contributed by atoms with van der Waals surface area (Å²) in [5, 5.41) is 2.94. The van der Waals surface area contributed by atoms with Crippen LogP contribution in [0.3, 0.4) is 0 Å². The molecule has 1 N–H and O–H groups in total. The van der Waals surface area contributed by atoms with Crippen molar-refractivity contribution in [1.82, 2.24) is 10.2 Å². The van der Waals surface area contributed by atoms with Gasteiger partial charge in [-0.2, -0.15) is 0 Å². The molecule has 0 unspecified atom stereocenters. The Labute approximate surface area is 110 Å². The van der Waals surface area contributed by atoms with Crippen LogP contribution in [0, 0.1) is 0 Å². The third kappa shape index (κ3) is 7.27. The number of amides is 1. The predicted octanol–water partition coefficient (Wildman–Crippen LogP) is 1.18. The van der Waals surface area contributed by atoms with Crippen molar-refractivity contribution in [3.8, 4) is 0 Å². The lowest BCUT2D eigenvalue weighted by atomic mass is 10.0. The fourth-order valence-corrected chi connectivity index (χ4v) is 1.38. The summed E-state index contributed by atoms with van der Waals surface area (Å²) in [7, 11) is 0. The molecule has 0 aliphatic heterocycles. The maximum absolute atomic E-state index is 11.8. The summed E-state index contributed by atoms with van der Waals surface area (Å²) in [6, 6.07) is 0. The number of esters is 1. The summed E-state index contributed by atoms with van der Waals surface area (Å²) in [6.07, 6.45) is 0.864. The molecule has 0 aromatic heterocycles. The summed E-state index contributed by atoms with van der Waals surface area (Å²) in [5.74, 6) is -0.352. The topological polar surface area (TPSA) is 58.6 Å². The number of carbonyl (C=O) groups is 2. The first kappa shape index (κ1) is 16.9. The van der Waals surface area contributed by atoms with Crippen LogP contribution in [-0.4, -0.2) is 48.6 Å². The molecule has 5 nitrogen and oxygen atoms in total. The van der Waals surface area contributed by atoms with Crippen molar-refractivity contribution in [2.24, 2.45) is 0 Å². The summed E-state index contributed by atoms with van der Waals surface area (Å²) in [4.78, 5) is 24.9. The highest BCUT2D eigenvalue weighted by Gasteiger charge is 2.20. The van der Waals surface area contributed by atoms with Gasteiger partial charge in [0.05, 0.1) is 19.7 Å². The molecule has 0 rings (SSSR count). The number of hydrogen-bond acceptors (Lipinski definition) is 4. The van der Waals surface area contributed by atoms with E-state index in [-0.39, 0.29) is 30.5 Å². The van der Waals surface area contributed by atoms with E-state index < -0.39 is 0 Å². The number of carbonyl (C=O) groups excluding carboxylic acids is 2. The van der Waals surface area contributed by atoms with Crippen LogP contribution in [0.2, 0.25) is 0 Å². The molecule has 18 heavy (non-hydrogen) atoms. The zero-order valence-electron chi connectivity index (χ0n) is 12.2. The van der Waals surface area contributed by atoms with Crippen LogP contribution < -0.4 is 5.32 Å². The Morgan fingerprint density at radius 1 is 1.17 bits per heavy atom. The smallest absolute Gasteiger partial charge is 0.320 e. The monoisotopic (exact) mass is 258 g/mol. The number of likely N-dealkylation sites (N-methyl/N-ethyl adjacent to an activating group) is 1. The molecule has 0 radical (unpaired) electrons. The lowest BCUT2D eigenvalue weighted by Crippen LogP contribution is -2.48. The molecule has 0 heterocycles. The van der Waals surface area contributed by atoms with Crippen molar-refractivity contribution >= 4 is 11.9 Å². The molecule has 0 aromatic carbocycles. The summed E-state index contributed by atoms with van der Waals surface area (Å²) in [5.41, 5.74) is -0.208. The predicted molar refractivity (Wildman–Crippen MR) is 71.3 cm³/mol. The first-order chi connectivity index (χ1) is 8.34. The van der Waals surface area contributed by atoms with Gasteiger partial charge in [-0.25, -0.2) is 0 Å². The minimum absolute atomic E-state index is 0.0620. The Hall–Kier alpha value is -1.10. The molecule has 0 saturated heterocycles. The van der Waals surface area contributed by atoms with E-state index in [0.717, 1.165) is 6.42 Å². The minimum Gasteiger partial charge on any atom is -0.465 e. The number of ether oxygens (including phenoxy) is 1.